The van der Waals surface area contributed by atoms with E-state index in [1.165, 1.54) is 5.56 Å². The molecule has 1 unspecified atom stereocenters. The number of para-hydroxylation sites is 3. The van der Waals surface area contributed by atoms with Crippen LogP contribution in [0.15, 0.2) is 48.5 Å². The molecule has 0 saturated carbocycles. The molecule has 1 atom stereocenters. The highest BCUT2D eigenvalue weighted by Gasteiger charge is 2.20. The summed E-state index contributed by atoms with van der Waals surface area (Å²) in [5.74, 6) is 2.38. The summed E-state index contributed by atoms with van der Waals surface area (Å²) < 4.78 is 11.1. The van der Waals surface area contributed by atoms with Gasteiger partial charge in [0.15, 0.2) is 0 Å². The Kier molecular flexibility index (Phi) is 3.77. The van der Waals surface area contributed by atoms with Gasteiger partial charge in [0, 0.05) is 12.5 Å². The summed E-state index contributed by atoms with van der Waals surface area (Å²) in [5, 5.41) is 3.49. The molecule has 0 spiro atoms. The van der Waals surface area contributed by atoms with Crippen molar-refractivity contribution in [2.45, 2.75) is 12.3 Å². The lowest BCUT2D eigenvalue weighted by Gasteiger charge is -2.26. The van der Waals surface area contributed by atoms with Gasteiger partial charge in [0.1, 0.15) is 11.5 Å². The molecule has 0 fully saturated rings. The Hall–Kier alpha value is -2.16. The topological polar surface area (TPSA) is 30.5 Å². The Morgan fingerprint density at radius 3 is 2.85 bits per heavy atom. The first kappa shape index (κ1) is 12.9. The second kappa shape index (κ2) is 5.87. The van der Waals surface area contributed by atoms with E-state index in [1.54, 1.807) is 7.11 Å². The number of hydrogen-bond acceptors (Lipinski definition) is 3. The van der Waals surface area contributed by atoms with Crippen LogP contribution in [-0.4, -0.2) is 20.3 Å². The highest BCUT2D eigenvalue weighted by Crippen LogP contribution is 2.34. The number of hydrogen-bond donors (Lipinski definition) is 1. The van der Waals surface area contributed by atoms with Gasteiger partial charge in [-0.15, -0.1) is 0 Å². The molecular formula is C17H19NO2. The smallest absolute Gasteiger partial charge is 0.141 e. The first-order valence-corrected chi connectivity index (χ1v) is 6.97. The van der Waals surface area contributed by atoms with Gasteiger partial charge in [-0.1, -0.05) is 30.3 Å². The Labute approximate surface area is 119 Å². The van der Waals surface area contributed by atoms with Crippen molar-refractivity contribution >= 4 is 5.69 Å². The highest BCUT2D eigenvalue weighted by molar-refractivity contribution is 5.56. The molecule has 0 aliphatic carbocycles. The molecule has 1 aliphatic rings. The van der Waals surface area contributed by atoms with E-state index in [-0.39, 0.29) is 0 Å². The standard InChI is InChI=1S/C17H19NO2/c1-19-17-9-5-3-7-15(17)18-12-13-10-11-20-16-8-4-2-6-14(13)16/h2-9,13,18H,10-12H2,1H3. The van der Waals surface area contributed by atoms with Crippen molar-refractivity contribution in [3.05, 3.63) is 54.1 Å². The fourth-order valence-electron chi connectivity index (χ4n) is 2.65. The van der Waals surface area contributed by atoms with Crippen LogP contribution in [0.4, 0.5) is 5.69 Å². The number of rotatable bonds is 4. The van der Waals surface area contributed by atoms with E-state index in [2.05, 4.69) is 17.4 Å². The summed E-state index contributed by atoms with van der Waals surface area (Å²) in [5.41, 5.74) is 2.33. The van der Waals surface area contributed by atoms with Gasteiger partial charge in [0.25, 0.3) is 0 Å². The summed E-state index contributed by atoms with van der Waals surface area (Å²) in [6.45, 7) is 1.68. The lowest BCUT2D eigenvalue weighted by molar-refractivity contribution is 0.270. The summed E-state index contributed by atoms with van der Waals surface area (Å²) in [6.07, 6.45) is 1.04. The van der Waals surface area contributed by atoms with Crippen molar-refractivity contribution in [3.63, 3.8) is 0 Å². The summed E-state index contributed by atoms with van der Waals surface area (Å²) in [6, 6.07) is 16.3. The Morgan fingerprint density at radius 1 is 1.15 bits per heavy atom. The lowest BCUT2D eigenvalue weighted by Crippen LogP contribution is -2.20. The van der Waals surface area contributed by atoms with Crippen molar-refractivity contribution in [3.8, 4) is 11.5 Å². The zero-order chi connectivity index (χ0) is 13.8. The van der Waals surface area contributed by atoms with Gasteiger partial charge >= 0.3 is 0 Å². The first-order valence-electron chi connectivity index (χ1n) is 6.97. The first-order chi connectivity index (χ1) is 9.88. The van der Waals surface area contributed by atoms with Crippen LogP contribution in [0.25, 0.3) is 0 Å². The second-order valence-electron chi connectivity index (χ2n) is 4.95. The minimum atomic E-state index is 0.477. The van der Waals surface area contributed by atoms with Gasteiger partial charge in [-0.05, 0) is 30.2 Å². The third-order valence-corrected chi connectivity index (χ3v) is 3.73. The lowest BCUT2D eigenvalue weighted by atomic mass is 9.93. The van der Waals surface area contributed by atoms with Gasteiger partial charge in [0.2, 0.25) is 0 Å². The molecule has 20 heavy (non-hydrogen) atoms. The largest absolute Gasteiger partial charge is 0.495 e. The van der Waals surface area contributed by atoms with Crippen LogP contribution < -0.4 is 14.8 Å². The van der Waals surface area contributed by atoms with Crippen molar-refractivity contribution in [2.24, 2.45) is 0 Å². The summed E-state index contributed by atoms with van der Waals surface area (Å²) in [4.78, 5) is 0. The maximum Gasteiger partial charge on any atom is 0.141 e. The average Bonchev–Trinajstić information content (AvgIpc) is 2.53. The van der Waals surface area contributed by atoms with Gasteiger partial charge in [0.05, 0.1) is 19.4 Å². The molecule has 0 saturated heterocycles. The SMILES string of the molecule is COc1ccccc1NCC1CCOc2ccccc21. The highest BCUT2D eigenvalue weighted by atomic mass is 16.5. The zero-order valence-corrected chi connectivity index (χ0v) is 11.6. The van der Waals surface area contributed by atoms with Gasteiger partial charge in [-0.3, -0.25) is 0 Å². The van der Waals surface area contributed by atoms with Crippen LogP contribution in [0.1, 0.15) is 17.9 Å². The Morgan fingerprint density at radius 2 is 1.95 bits per heavy atom. The van der Waals surface area contributed by atoms with Crippen molar-refractivity contribution < 1.29 is 9.47 Å². The molecule has 1 heterocycles. The summed E-state index contributed by atoms with van der Waals surface area (Å²) >= 11 is 0. The van der Waals surface area contributed by atoms with E-state index < -0.39 is 0 Å². The molecule has 2 aromatic carbocycles. The van der Waals surface area contributed by atoms with Crippen LogP contribution in [0.3, 0.4) is 0 Å². The van der Waals surface area contributed by atoms with E-state index in [9.17, 15) is 0 Å². The van der Waals surface area contributed by atoms with Crippen LogP contribution in [0.5, 0.6) is 11.5 Å². The van der Waals surface area contributed by atoms with Crippen molar-refractivity contribution in [2.75, 3.05) is 25.6 Å². The molecule has 104 valence electrons. The fraction of sp³-hybridized carbons (Fsp3) is 0.294. The predicted molar refractivity (Wildman–Crippen MR) is 80.8 cm³/mol. The van der Waals surface area contributed by atoms with Crippen molar-refractivity contribution in [1.29, 1.82) is 0 Å². The Balaban J connectivity index is 1.73. The molecule has 0 bridgehead atoms. The van der Waals surface area contributed by atoms with Gasteiger partial charge in [-0.2, -0.15) is 0 Å². The number of anilines is 1. The van der Waals surface area contributed by atoms with Crippen LogP contribution >= 0.6 is 0 Å². The maximum atomic E-state index is 5.70. The van der Waals surface area contributed by atoms with Crippen LogP contribution in [-0.2, 0) is 0 Å². The second-order valence-corrected chi connectivity index (χ2v) is 4.95. The van der Waals surface area contributed by atoms with Crippen LogP contribution in [0, 0.1) is 0 Å². The zero-order valence-electron chi connectivity index (χ0n) is 11.6. The number of benzene rings is 2. The van der Waals surface area contributed by atoms with E-state index in [4.69, 9.17) is 9.47 Å². The fourth-order valence-corrected chi connectivity index (χ4v) is 2.65. The third kappa shape index (κ3) is 2.57. The molecule has 3 nitrogen and oxygen atoms in total. The average molecular weight is 269 g/mol. The van der Waals surface area contributed by atoms with E-state index in [1.807, 2.05) is 36.4 Å². The third-order valence-electron chi connectivity index (χ3n) is 3.73. The van der Waals surface area contributed by atoms with Gasteiger partial charge < -0.3 is 14.8 Å². The molecule has 0 radical (unpaired) electrons. The minimum Gasteiger partial charge on any atom is -0.495 e. The molecular weight excluding hydrogens is 250 g/mol. The van der Waals surface area contributed by atoms with Crippen LogP contribution in [0.2, 0.25) is 0 Å². The molecule has 1 aliphatic heterocycles. The van der Waals surface area contributed by atoms with Gasteiger partial charge in [-0.25, -0.2) is 0 Å². The Bertz CT molecular complexity index is 583. The van der Waals surface area contributed by atoms with E-state index in [0.717, 1.165) is 36.8 Å². The minimum absolute atomic E-state index is 0.477. The number of ether oxygens (including phenoxy) is 2. The molecule has 0 amide bonds. The molecule has 2 aromatic rings. The quantitative estimate of drug-likeness (QED) is 0.918. The van der Waals surface area contributed by atoms with E-state index in [0.29, 0.717) is 5.92 Å². The van der Waals surface area contributed by atoms with Crippen molar-refractivity contribution in [1.82, 2.24) is 0 Å². The maximum absolute atomic E-state index is 5.70. The normalized spacial score (nSPS) is 16.9. The molecule has 3 heteroatoms. The molecule has 1 N–H and O–H groups in total. The molecule has 0 aromatic heterocycles. The summed E-state index contributed by atoms with van der Waals surface area (Å²) in [7, 11) is 1.70. The predicted octanol–water partition coefficient (Wildman–Crippen LogP) is 3.67. The number of fused-ring (bicyclic) bond motifs is 1. The monoisotopic (exact) mass is 269 g/mol. The molecule has 3 rings (SSSR count). The number of methoxy groups -OCH3 is 1. The number of nitrogens with one attached hydrogen (secondary N) is 1. The van der Waals surface area contributed by atoms with E-state index >= 15 is 0 Å².